The van der Waals surface area contributed by atoms with Crippen LogP contribution in [0, 0.1) is 16.0 Å². The molecule has 2 fully saturated rings. The molecule has 0 spiro atoms. The molecule has 3 rings (SSSR count). The third-order valence-electron chi connectivity index (χ3n) is 5.87. The van der Waals surface area contributed by atoms with Crippen molar-refractivity contribution in [3.8, 4) is 0 Å². The van der Waals surface area contributed by atoms with Crippen molar-refractivity contribution in [3.63, 3.8) is 0 Å². The summed E-state index contributed by atoms with van der Waals surface area (Å²) in [7, 11) is 0. The minimum atomic E-state index is -4.72. The van der Waals surface area contributed by atoms with Gasteiger partial charge in [-0.3, -0.25) is 10.1 Å². The van der Waals surface area contributed by atoms with Crippen LogP contribution in [0.15, 0.2) is 18.2 Å². The van der Waals surface area contributed by atoms with E-state index in [1.165, 1.54) is 9.80 Å². The molecule has 0 aromatic heterocycles. The second-order valence-electron chi connectivity index (χ2n) is 7.98. The summed E-state index contributed by atoms with van der Waals surface area (Å²) in [5.41, 5.74) is -1.79. The maximum atomic E-state index is 13.0. The number of alkyl halides is 6. The van der Waals surface area contributed by atoms with Crippen molar-refractivity contribution < 1.29 is 36.1 Å². The number of piperazine rings is 1. The predicted molar refractivity (Wildman–Crippen MR) is 102 cm³/mol. The standard InChI is InChI=1S/C19H22F6N4O3/c20-18(21,22)12-2-1-3-14(10-12)26-17(30)28-8-6-27(7-9-28)15-5-4-13(19(23,24)25)11-16(15)29(31)32/h4-5,11-12,14H,1-3,6-10H2,(H,26,30)/t12-,14-/m1/s1. The molecule has 1 aliphatic carbocycles. The number of carbonyl (C=O) groups excluding carboxylic acids is 1. The molecule has 2 amide bonds. The number of anilines is 1. The number of nitrogens with zero attached hydrogens (tertiary/aromatic N) is 3. The van der Waals surface area contributed by atoms with Crippen molar-refractivity contribution in [3.05, 3.63) is 33.9 Å². The van der Waals surface area contributed by atoms with Crippen molar-refractivity contribution in [1.82, 2.24) is 10.2 Å². The molecular weight excluding hydrogens is 446 g/mol. The van der Waals surface area contributed by atoms with Gasteiger partial charge in [0.1, 0.15) is 5.69 Å². The van der Waals surface area contributed by atoms with E-state index in [4.69, 9.17) is 0 Å². The first-order chi connectivity index (χ1) is 14.9. The fourth-order valence-electron chi connectivity index (χ4n) is 4.15. The number of carbonyl (C=O) groups is 1. The number of nitro benzene ring substituents is 1. The highest BCUT2D eigenvalue weighted by atomic mass is 19.4. The van der Waals surface area contributed by atoms with E-state index >= 15 is 0 Å². The topological polar surface area (TPSA) is 78.7 Å². The number of benzene rings is 1. The van der Waals surface area contributed by atoms with E-state index in [0.717, 1.165) is 12.1 Å². The van der Waals surface area contributed by atoms with E-state index in [9.17, 15) is 41.3 Å². The fourth-order valence-corrected chi connectivity index (χ4v) is 4.15. The minimum absolute atomic E-state index is 0.0170. The quantitative estimate of drug-likeness (QED) is 0.401. The maximum Gasteiger partial charge on any atom is 0.416 e. The molecule has 1 N–H and O–H groups in total. The fraction of sp³-hybridized carbons (Fsp3) is 0.632. The largest absolute Gasteiger partial charge is 0.416 e. The van der Waals surface area contributed by atoms with Crippen molar-refractivity contribution in [2.75, 3.05) is 31.1 Å². The van der Waals surface area contributed by atoms with E-state index in [2.05, 4.69) is 5.32 Å². The zero-order chi connectivity index (χ0) is 23.7. The molecule has 2 atom stereocenters. The summed E-state index contributed by atoms with van der Waals surface area (Å²) in [6.45, 7) is 0.518. The van der Waals surface area contributed by atoms with Crippen molar-refractivity contribution >= 4 is 17.4 Å². The van der Waals surface area contributed by atoms with Gasteiger partial charge in [0, 0.05) is 38.3 Å². The molecular formula is C19H22F6N4O3. The highest BCUT2D eigenvalue weighted by Gasteiger charge is 2.42. The van der Waals surface area contributed by atoms with Gasteiger partial charge in [-0.2, -0.15) is 26.3 Å². The number of rotatable bonds is 3. The molecule has 32 heavy (non-hydrogen) atoms. The van der Waals surface area contributed by atoms with Crippen LogP contribution in [-0.2, 0) is 6.18 Å². The van der Waals surface area contributed by atoms with Crippen molar-refractivity contribution in [1.29, 1.82) is 0 Å². The van der Waals surface area contributed by atoms with Crippen molar-refractivity contribution in [2.45, 2.75) is 44.1 Å². The SMILES string of the molecule is O=C(N[C@@H]1CCC[C@@H](C(F)(F)F)C1)N1CCN(c2ccc(C(F)(F)F)cc2[N+](=O)[O-])CC1. The summed E-state index contributed by atoms with van der Waals surface area (Å²) in [5, 5.41) is 13.9. The molecule has 7 nitrogen and oxygen atoms in total. The van der Waals surface area contributed by atoms with Crippen LogP contribution in [0.1, 0.15) is 31.2 Å². The summed E-state index contributed by atoms with van der Waals surface area (Å²) < 4.78 is 77.5. The van der Waals surface area contributed by atoms with Crippen LogP contribution >= 0.6 is 0 Å². The smallest absolute Gasteiger partial charge is 0.362 e. The molecule has 1 heterocycles. The summed E-state index contributed by atoms with van der Waals surface area (Å²) in [5.74, 6) is -1.45. The van der Waals surface area contributed by atoms with Crippen molar-refractivity contribution in [2.24, 2.45) is 5.92 Å². The van der Waals surface area contributed by atoms with E-state index in [-0.39, 0.29) is 44.7 Å². The van der Waals surface area contributed by atoms with Crippen LogP contribution in [0.2, 0.25) is 0 Å². The number of hydrogen-bond acceptors (Lipinski definition) is 4. The lowest BCUT2D eigenvalue weighted by Crippen LogP contribution is -2.54. The van der Waals surface area contributed by atoms with Gasteiger partial charge in [0.05, 0.1) is 16.4 Å². The van der Waals surface area contributed by atoms with Gasteiger partial charge < -0.3 is 15.1 Å². The molecule has 1 saturated carbocycles. The van der Waals surface area contributed by atoms with Gasteiger partial charge in [-0.05, 0) is 31.4 Å². The zero-order valence-corrected chi connectivity index (χ0v) is 16.9. The Kier molecular flexibility index (Phi) is 6.75. The zero-order valence-electron chi connectivity index (χ0n) is 16.9. The van der Waals surface area contributed by atoms with E-state index < -0.39 is 46.5 Å². The molecule has 13 heteroatoms. The first-order valence-corrected chi connectivity index (χ1v) is 10.1. The number of amides is 2. The summed E-state index contributed by atoms with van der Waals surface area (Å²) in [4.78, 5) is 25.8. The van der Waals surface area contributed by atoms with Gasteiger partial charge >= 0.3 is 18.4 Å². The normalized spacial score (nSPS) is 22.6. The third-order valence-corrected chi connectivity index (χ3v) is 5.87. The monoisotopic (exact) mass is 468 g/mol. The third kappa shape index (κ3) is 5.54. The second-order valence-corrected chi connectivity index (χ2v) is 7.98. The van der Waals surface area contributed by atoms with Crippen LogP contribution in [0.5, 0.6) is 0 Å². The molecule has 1 saturated heterocycles. The highest BCUT2D eigenvalue weighted by Crippen LogP contribution is 2.38. The number of nitro groups is 1. The molecule has 1 aromatic rings. The first-order valence-electron chi connectivity index (χ1n) is 10.1. The Bertz CT molecular complexity index is 852. The lowest BCUT2D eigenvalue weighted by atomic mass is 9.85. The summed E-state index contributed by atoms with van der Waals surface area (Å²) >= 11 is 0. The Morgan fingerprint density at radius 3 is 2.28 bits per heavy atom. The van der Waals surface area contributed by atoms with Gasteiger partial charge in [0.2, 0.25) is 0 Å². The lowest BCUT2D eigenvalue weighted by Gasteiger charge is -2.37. The Labute approximate surface area is 179 Å². The number of urea groups is 1. The van der Waals surface area contributed by atoms with Crippen LogP contribution in [-0.4, -0.2) is 54.3 Å². The average molecular weight is 468 g/mol. The van der Waals surface area contributed by atoms with Gasteiger partial charge in [-0.15, -0.1) is 0 Å². The number of nitrogens with one attached hydrogen (secondary N) is 1. The van der Waals surface area contributed by atoms with Gasteiger partial charge in [-0.1, -0.05) is 6.42 Å². The molecule has 2 aliphatic rings. The number of halogens is 6. The van der Waals surface area contributed by atoms with E-state index in [1.807, 2.05) is 0 Å². The van der Waals surface area contributed by atoms with Crippen LogP contribution in [0.25, 0.3) is 0 Å². The molecule has 178 valence electrons. The van der Waals surface area contributed by atoms with Crippen LogP contribution in [0.4, 0.5) is 42.5 Å². The predicted octanol–water partition coefficient (Wildman–Crippen LogP) is 4.57. The van der Waals surface area contributed by atoms with E-state index in [1.54, 1.807) is 0 Å². The summed E-state index contributed by atoms with van der Waals surface area (Å²) in [6.07, 6.45) is -8.33. The maximum absolute atomic E-state index is 13.0. The lowest BCUT2D eigenvalue weighted by molar-refractivity contribution is -0.384. The Morgan fingerprint density at radius 2 is 1.72 bits per heavy atom. The van der Waals surface area contributed by atoms with E-state index in [0.29, 0.717) is 18.9 Å². The van der Waals surface area contributed by atoms with Gasteiger partial charge in [0.15, 0.2) is 0 Å². The molecule has 0 bridgehead atoms. The average Bonchev–Trinajstić information content (AvgIpc) is 2.72. The molecule has 1 aromatic carbocycles. The number of hydrogen-bond donors (Lipinski definition) is 1. The Balaban J connectivity index is 1.60. The summed E-state index contributed by atoms with van der Waals surface area (Å²) in [6, 6.07) is 1.18. The second kappa shape index (κ2) is 9.02. The Morgan fingerprint density at radius 1 is 1.06 bits per heavy atom. The van der Waals surface area contributed by atoms with Gasteiger partial charge in [-0.25, -0.2) is 4.79 Å². The first kappa shape index (κ1) is 23.9. The van der Waals surface area contributed by atoms with Gasteiger partial charge in [0.25, 0.3) is 5.69 Å². The molecule has 0 unspecified atom stereocenters. The molecule has 1 aliphatic heterocycles. The Hall–Kier alpha value is -2.73. The molecule has 0 radical (unpaired) electrons. The van der Waals surface area contributed by atoms with Crippen LogP contribution in [0.3, 0.4) is 0 Å². The van der Waals surface area contributed by atoms with Crippen LogP contribution < -0.4 is 10.2 Å². The minimum Gasteiger partial charge on any atom is -0.362 e. The highest BCUT2D eigenvalue weighted by molar-refractivity contribution is 5.75.